The monoisotopic (exact) mass is 747 g/mol. The number of aryl methyl sites for hydroxylation is 4. The average Bonchev–Trinajstić information content (AvgIpc) is 3.18. The maximum Gasteiger partial charge on any atom is 0.122 e. The van der Waals surface area contributed by atoms with Crippen molar-refractivity contribution >= 4 is 0 Å². The second-order valence-corrected chi connectivity index (χ2v) is 16.7. The van der Waals surface area contributed by atoms with Crippen molar-refractivity contribution in [2.24, 2.45) is 5.92 Å². The third kappa shape index (κ3) is 15.2. The third-order valence-corrected chi connectivity index (χ3v) is 11.7. The quantitative estimate of drug-likeness (QED) is 0.0704. The van der Waals surface area contributed by atoms with Crippen LogP contribution in [0.1, 0.15) is 182 Å². The van der Waals surface area contributed by atoms with Gasteiger partial charge in [-0.3, -0.25) is 0 Å². The molecule has 2 heteroatoms. The SMILES string of the molecule is CCCCCCCOc1ccc(C(C)(C)c2ccc(C)c(C)c2)cc1C.CCCCCCCOc1ccc(C(c2ccc(C)cc2)C(CC)CCCC)cc1. The van der Waals surface area contributed by atoms with E-state index >= 15 is 0 Å². The van der Waals surface area contributed by atoms with E-state index in [4.69, 9.17) is 9.47 Å². The molecule has 2 unspecified atom stereocenters. The Kier molecular flexibility index (Phi) is 20.7. The van der Waals surface area contributed by atoms with Gasteiger partial charge in [-0.2, -0.15) is 0 Å². The first kappa shape index (κ1) is 45.9. The minimum absolute atomic E-state index is 0.0120. The van der Waals surface area contributed by atoms with Gasteiger partial charge in [0.1, 0.15) is 11.5 Å². The molecule has 4 rings (SSSR count). The molecule has 2 nitrogen and oxygen atoms in total. The summed E-state index contributed by atoms with van der Waals surface area (Å²) in [5.41, 5.74) is 10.8. The number of benzene rings is 4. The van der Waals surface area contributed by atoms with E-state index in [2.05, 4.69) is 154 Å². The van der Waals surface area contributed by atoms with Crippen LogP contribution in [0.15, 0.2) is 84.9 Å². The minimum Gasteiger partial charge on any atom is -0.494 e. The summed E-state index contributed by atoms with van der Waals surface area (Å²) in [4.78, 5) is 0. The molecule has 0 aromatic heterocycles. The van der Waals surface area contributed by atoms with Crippen LogP contribution in [0.5, 0.6) is 11.5 Å². The number of hydrogen-bond donors (Lipinski definition) is 0. The van der Waals surface area contributed by atoms with E-state index in [0.29, 0.717) is 11.8 Å². The van der Waals surface area contributed by atoms with Gasteiger partial charge < -0.3 is 9.47 Å². The van der Waals surface area contributed by atoms with Crippen LogP contribution in [0.3, 0.4) is 0 Å². The van der Waals surface area contributed by atoms with Gasteiger partial charge in [-0.1, -0.05) is 184 Å². The van der Waals surface area contributed by atoms with Gasteiger partial charge in [0.15, 0.2) is 0 Å². The van der Waals surface area contributed by atoms with Crippen LogP contribution in [-0.2, 0) is 5.41 Å². The summed E-state index contributed by atoms with van der Waals surface area (Å²) in [5, 5.41) is 0. The Morgan fingerprint density at radius 3 is 1.53 bits per heavy atom. The van der Waals surface area contributed by atoms with E-state index in [1.807, 2.05) is 0 Å². The zero-order chi connectivity index (χ0) is 40.1. The van der Waals surface area contributed by atoms with Crippen molar-refractivity contribution in [2.45, 2.75) is 170 Å². The Balaban J connectivity index is 0.000000297. The average molecular weight is 747 g/mol. The van der Waals surface area contributed by atoms with Crippen LogP contribution in [0.25, 0.3) is 0 Å². The Bertz CT molecular complexity index is 1610. The zero-order valence-corrected chi connectivity index (χ0v) is 36.9. The van der Waals surface area contributed by atoms with Gasteiger partial charge in [-0.05, 0) is 110 Å². The van der Waals surface area contributed by atoms with E-state index < -0.39 is 0 Å². The second-order valence-electron chi connectivity index (χ2n) is 16.7. The second kappa shape index (κ2) is 24.9. The highest BCUT2D eigenvalue weighted by Gasteiger charge is 2.25. The van der Waals surface area contributed by atoms with E-state index in [1.165, 1.54) is 122 Å². The fraction of sp³-hybridized carbons (Fsp3) is 0.547. The van der Waals surface area contributed by atoms with Gasteiger partial charge in [-0.25, -0.2) is 0 Å². The molecule has 0 aliphatic carbocycles. The van der Waals surface area contributed by atoms with Crippen LogP contribution in [0, 0.1) is 33.6 Å². The Morgan fingerprint density at radius 2 is 1.00 bits per heavy atom. The highest BCUT2D eigenvalue weighted by Crippen LogP contribution is 2.38. The summed E-state index contributed by atoms with van der Waals surface area (Å²) >= 11 is 0. The Labute approximate surface area is 338 Å². The summed E-state index contributed by atoms with van der Waals surface area (Å²) in [5.74, 6) is 3.19. The van der Waals surface area contributed by atoms with Gasteiger partial charge in [0.05, 0.1) is 13.2 Å². The molecule has 0 amide bonds. The molecule has 0 spiro atoms. The van der Waals surface area contributed by atoms with Gasteiger partial charge in [0.2, 0.25) is 0 Å². The molecule has 0 saturated carbocycles. The highest BCUT2D eigenvalue weighted by molar-refractivity contribution is 5.46. The first-order valence-electron chi connectivity index (χ1n) is 22.2. The lowest BCUT2D eigenvalue weighted by atomic mass is 9.77. The highest BCUT2D eigenvalue weighted by atomic mass is 16.5. The summed E-state index contributed by atoms with van der Waals surface area (Å²) < 4.78 is 12.0. The molecule has 55 heavy (non-hydrogen) atoms. The van der Waals surface area contributed by atoms with Crippen LogP contribution in [0.4, 0.5) is 0 Å². The van der Waals surface area contributed by atoms with Crippen molar-refractivity contribution in [3.05, 3.63) is 129 Å². The van der Waals surface area contributed by atoms with Gasteiger partial charge in [0.25, 0.3) is 0 Å². The van der Waals surface area contributed by atoms with Crippen molar-refractivity contribution in [1.82, 2.24) is 0 Å². The van der Waals surface area contributed by atoms with Crippen molar-refractivity contribution in [1.29, 1.82) is 0 Å². The summed E-state index contributed by atoms with van der Waals surface area (Å²) in [6, 6.07) is 31.6. The molecule has 0 bridgehead atoms. The molecule has 302 valence electrons. The van der Waals surface area contributed by atoms with Crippen molar-refractivity contribution in [3.63, 3.8) is 0 Å². The van der Waals surface area contributed by atoms with Gasteiger partial charge in [-0.15, -0.1) is 0 Å². The molecular weight excluding hydrogens is 669 g/mol. The van der Waals surface area contributed by atoms with Crippen LogP contribution in [-0.4, -0.2) is 13.2 Å². The maximum absolute atomic E-state index is 6.03. The smallest absolute Gasteiger partial charge is 0.122 e. The molecule has 0 radical (unpaired) electrons. The van der Waals surface area contributed by atoms with Crippen molar-refractivity contribution in [2.75, 3.05) is 13.2 Å². The molecule has 0 fully saturated rings. The Hall–Kier alpha value is -3.52. The molecule has 2 atom stereocenters. The number of unbranched alkanes of at least 4 members (excludes halogenated alkanes) is 9. The summed E-state index contributed by atoms with van der Waals surface area (Å²) in [6.07, 6.45) is 17.8. The van der Waals surface area contributed by atoms with Crippen LogP contribution >= 0.6 is 0 Å². The lowest BCUT2D eigenvalue weighted by Crippen LogP contribution is -2.19. The normalized spacial score (nSPS) is 12.5. The van der Waals surface area contributed by atoms with E-state index in [9.17, 15) is 0 Å². The van der Waals surface area contributed by atoms with Crippen molar-refractivity contribution in [3.8, 4) is 11.5 Å². The summed E-state index contributed by atoms with van der Waals surface area (Å²) in [6.45, 7) is 24.1. The standard InChI is InChI=1S/C28H42O.C25H36O/c1-5-8-10-11-12-22-29-27-20-18-26(19-21-27)28(24(7-3)13-9-6-2)25-16-14-23(4)15-17-25;1-7-8-9-10-11-16-26-24-15-14-23(18-21(24)4)25(5,6)22-13-12-19(2)20(3)17-22/h14-21,24,28H,5-13,22H2,1-4H3;12-15,17-18H,7-11,16H2,1-6H3. The van der Waals surface area contributed by atoms with Gasteiger partial charge >= 0.3 is 0 Å². The number of rotatable bonds is 23. The van der Waals surface area contributed by atoms with Crippen molar-refractivity contribution < 1.29 is 9.47 Å². The summed E-state index contributed by atoms with van der Waals surface area (Å²) in [7, 11) is 0. The van der Waals surface area contributed by atoms with Gasteiger partial charge in [0, 0.05) is 11.3 Å². The number of ether oxygens (including phenoxy) is 2. The van der Waals surface area contributed by atoms with Crippen LogP contribution < -0.4 is 9.47 Å². The molecular formula is C53H78O2. The molecule has 0 saturated heterocycles. The topological polar surface area (TPSA) is 18.5 Å². The third-order valence-electron chi connectivity index (χ3n) is 11.7. The van der Waals surface area contributed by atoms with E-state index in [0.717, 1.165) is 37.6 Å². The Morgan fingerprint density at radius 1 is 0.491 bits per heavy atom. The fourth-order valence-corrected chi connectivity index (χ4v) is 7.64. The largest absolute Gasteiger partial charge is 0.494 e. The van der Waals surface area contributed by atoms with E-state index in [1.54, 1.807) is 0 Å². The lowest BCUT2D eigenvalue weighted by Gasteiger charge is -2.28. The maximum atomic E-state index is 6.03. The predicted octanol–water partition coefficient (Wildman–Crippen LogP) is 16.0. The van der Waals surface area contributed by atoms with E-state index in [-0.39, 0.29) is 5.41 Å². The molecule has 0 N–H and O–H groups in total. The lowest BCUT2D eigenvalue weighted by molar-refractivity contribution is 0.302. The fourth-order valence-electron chi connectivity index (χ4n) is 7.64. The number of hydrogen-bond acceptors (Lipinski definition) is 2. The molecule has 0 heterocycles. The molecule has 4 aromatic carbocycles. The molecule has 0 aliphatic rings. The molecule has 4 aromatic rings. The van der Waals surface area contributed by atoms with Crippen LogP contribution in [0.2, 0.25) is 0 Å². The zero-order valence-electron chi connectivity index (χ0n) is 36.9. The molecule has 0 aliphatic heterocycles. The first-order valence-corrected chi connectivity index (χ1v) is 22.2. The minimum atomic E-state index is -0.0120. The predicted molar refractivity (Wildman–Crippen MR) is 241 cm³/mol. The first-order chi connectivity index (χ1) is 26.5.